The molecule has 1 aliphatic heterocycles. The fraction of sp³-hybridized carbons (Fsp3) is 0.200. The first kappa shape index (κ1) is 18.1. The van der Waals surface area contributed by atoms with E-state index in [0.717, 1.165) is 20.7 Å². The molecule has 2 aromatic carbocycles. The van der Waals surface area contributed by atoms with Crippen LogP contribution in [-0.4, -0.2) is 40.3 Å². The number of hydrogen-bond acceptors (Lipinski definition) is 5. The number of urea groups is 1. The molecule has 2 heterocycles. The van der Waals surface area contributed by atoms with Crippen molar-refractivity contribution in [2.24, 2.45) is 0 Å². The molecule has 0 radical (unpaired) electrons. The van der Waals surface area contributed by atoms with Gasteiger partial charge in [-0.3, -0.25) is 19.4 Å². The van der Waals surface area contributed by atoms with Crippen LogP contribution in [0, 0.1) is 6.92 Å². The Bertz CT molecular complexity index is 1040. The van der Waals surface area contributed by atoms with Gasteiger partial charge in [-0.25, -0.2) is 9.78 Å². The SMILES string of the molecule is Cc1ccc(N2C(=O)N(CC(=O)Nc3nc4ccccc4s3)C(=O)C2C)cc1. The molecule has 0 aliphatic carbocycles. The molecule has 0 spiro atoms. The minimum absolute atomic E-state index is 0.347. The van der Waals surface area contributed by atoms with E-state index in [1.807, 2.05) is 43.3 Å². The van der Waals surface area contributed by atoms with Crippen molar-refractivity contribution in [2.75, 3.05) is 16.8 Å². The summed E-state index contributed by atoms with van der Waals surface area (Å²) in [4.78, 5) is 44.5. The summed E-state index contributed by atoms with van der Waals surface area (Å²) in [5.41, 5.74) is 2.47. The van der Waals surface area contributed by atoms with Crippen molar-refractivity contribution in [3.8, 4) is 0 Å². The number of amides is 4. The van der Waals surface area contributed by atoms with Crippen molar-refractivity contribution in [1.82, 2.24) is 9.88 Å². The monoisotopic (exact) mass is 394 g/mol. The van der Waals surface area contributed by atoms with Gasteiger partial charge in [0.05, 0.1) is 10.2 Å². The van der Waals surface area contributed by atoms with Gasteiger partial charge in [-0.1, -0.05) is 41.2 Å². The van der Waals surface area contributed by atoms with Crippen molar-refractivity contribution >= 4 is 50.2 Å². The van der Waals surface area contributed by atoms with E-state index in [-0.39, 0.29) is 6.54 Å². The summed E-state index contributed by atoms with van der Waals surface area (Å²) in [6, 6.07) is 13.7. The molecule has 1 N–H and O–H groups in total. The van der Waals surface area contributed by atoms with Gasteiger partial charge in [0.1, 0.15) is 12.6 Å². The number of rotatable bonds is 4. The summed E-state index contributed by atoms with van der Waals surface area (Å²) in [6.45, 7) is 3.26. The van der Waals surface area contributed by atoms with Crippen molar-refractivity contribution < 1.29 is 14.4 Å². The maximum atomic E-state index is 12.8. The second-order valence-corrected chi connectivity index (χ2v) is 7.65. The van der Waals surface area contributed by atoms with Gasteiger partial charge in [0.2, 0.25) is 5.91 Å². The van der Waals surface area contributed by atoms with Crippen LogP contribution in [0.25, 0.3) is 10.2 Å². The van der Waals surface area contributed by atoms with E-state index < -0.39 is 23.9 Å². The van der Waals surface area contributed by atoms with Gasteiger partial charge >= 0.3 is 6.03 Å². The molecule has 28 heavy (non-hydrogen) atoms. The standard InChI is InChI=1S/C20H18N4O3S/c1-12-7-9-14(10-8-12)24-13(2)18(26)23(20(24)27)11-17(25)22-19-21-15-5-3-4-6-16(15)28-19/h3-10,13H,11H2,1-2H3,(H,21,22,25). The summed E-state index contributed by atoms with van der Waals surface area (Å²) in [5.74, 6) is -0.858. The number of carbonyl (C=O) groups excluding carboxylic acids is 3. The minimum Gasteiger partial charge on any atom is -0.300 e. The van der Waals surface area contributed by atoms with Crippen molar-refractivity contribution in [3.05, 3.63) is 54.1 Å². The Labute approximate surface area is 165 Å². The summed E-state index contributed by atoms with van der Waals surface area (Å²) in [7, 11) is 0. The van der Waals surface area contributed by atoms with Crippen LogP contribution in [0.2, 0.25) is 0 Å². The third-order valence-electron chi connectivity index (χ3n) is 4.60. The molecular weight excluding hydrogens is 376 g/mol. The minimum atomic E-state index is -0.662. The molecule has 0 saturated carbocycles. The van der Waals surface area contributed by atoms with Gasteiger partial charge in [-0.15, -0.1) is 0 Å². The zero-order chi connectivity index (χ0) is 19.8. The Morgan fingerprint density at radius 2 is 1.86 bits per heavy atom. The second kappa shape index (κ2) is 7.05. The van der Waals surface area contributed by atoms with Crippen LogP contribution < -0.4 is 10.2 Å². The highest BCUT2D eigenvalue weighted by Crippen LogP contribution is 2.27. The Morgan fingerprint density at radius 1 is 1.14 bits per heavy atom. The molecule has 1 aliphatic rings. The number of aromatic nitrogens is 1. The number of imide groups is 1. The number of para-hydroxylation sites is 1. The van der Waals surface area contributed by atoms with Crippen LogP contribution in [0.1, 0.15) is 12.5 Å². The number of nitrogens with zero attached hydrogens (tertiary/aromatic N) is 3. The highest BCUT2D eigenvalue weighted by molar-refractivity contribution is 7.22. The third kappa shape index (κ3) is 3.22. The number of aryl methyl sites for hydroxylation is 1. The largest absolute Gasteiger partial charge is 0.332 e. The second-order valence-electron chi connectivity index (χ2n) is 6.62. The molecule has 8 heteroatoms. The fourth-order valence-electron chi connectivity index (χ4n) is 3.14. The van der Waals surface area contributed by atoms with E-state index in [1.54, 1.807) is 19.1 Å². The van der Waals surface area contributed by atoms with Crippen molar-refractivity contribution in [2.45, 2.75) is 19.9 Å². The highest BCUT2D eigenvalue weighted by atomic mass is 32.1. The lowest BCUT2D eigenvalue weighted by atomic mass is 10.2. The van der Waals surface area contributed by atoms with Crippen molar-refractivity contribution in [1.29, 1.82) is 0 Å². The zero-order valence-electron chi connectivity index (χ0n) is 15.4. The van der Waals surface area contributed by atoms with E-state index in [1.165, 1.54) is 16.2 Å². The predicted molar refractivity (Wildman–Crippen MR) is 108 cm³/mol. The van der Waals surface area contributed by atoms with Gasteiger partial charge in [0, 0.05) is 5.69 Å². The summed E-state index contributed by atoms with van der Waals surface area (Å²) >= 11 is 1.34. The van der Waals surface area contributed by atoms with Crippen LogP contribution in [0.4, 0.5) is 15.6 Å². The summed E-state index contributed by atoms with van der Waals surface area (Å²) < 4.78 is 0.949. The predicted octanol–water partition coefficient (Wildman–Crippen LogP) is 3.40. The van der Waals surface area contributed by atoms with Crippen LogP contribution >= 0.6 is 11.3 Å². The number of thiazole rings is 1. The maximum absolute atomic E-state index is 12.8. The van der Waals surface area contributed by atoms with E-state index >= 15 is 0 Å². The van der Waals surface area contributed by atoms with Gasteiger partial charge in [-0.2, -0.15) is 0 Å². The van der Waals surface area contributed by atoms with Crippen molar-refractivity contribution in [3.63, 3.8) is 0 Å². The smallest absolute Gasteiger partial charge is 0.300 e. The Kier molecular flexibility index (Phi) is 4.56. The molecular formula is C20H18N4O3S. The summed E-state index contributed by atoms with van der Waals surface area (Å²) in [6.07, 6.45) is 0. The van der Waals surface area contributed by atoms with E-state index in [4.69, 9.17) is 0 Å². The number of anilines is 2. The lowest BCUT2D eigenvalue weighted by Crippen LogP contribution is -2.39. The topological polar surface area (TPSA) is 82.6 Å². The molecule has 142 valence electrons. The van der Waals surface area contributed by atoms with E-state index in [9.17, 15) is 14.4 Å². The quantitative estimate of drug-likeness (QED) is 0.688. The number of nitrogens with one attached hydrogen (secondary N) is 1. The number of fused-ring (bicyclic) bond motifs is 1. The Hall–Kier alpha value is -3.26. The van der Waals surface area contributed by atoms with Crippen LogP contribution in [0.5, 0.6) is 0 Å². The van der Waals surface area contributed by atoms with Gasteiger partial charge in [0.25, 0.3) is 5.91 Å². The maximum Gasteiger partial charge on any atom is 0.332 e. The molecule has 1 aromatic heterocycles. The first-order chi connectivity index (χ1) is 13.4. The molecule has 4 rings (SSSR count). The molecule has 1 fully saturated rings. The summed E-state index contributed by atoms with van der Waals surface area (Å²) in [5, 5.41) is 3.12. The first-order valence-corrected chi connectivity index (χ1v) is 9.62. The average molecular weight is 394 g/mol. The zero-order valence-corrected chi connectivity index (χ0v) is 16.2. The lowest BCUT2D eigenvalue weighted by Gasteiger charge is -2.19. The molecule has 1 atom stereocenters. The third-order valence-corrected chi connectivity index (χ3v) is 5.55. The average Bonchev–Trinajstić information content (AvgIpc) is 3.17. The molecule has 4 amide bonds. The Morgan fingerprint density at radius 3 is 2.57 bits per heavy atom. The molecule has 3 aromatic rings. The molecule has 7 nitrogen and oxygen atoms in total. The van der Waals surface area contributed by atoms with Crippen LogP contribution in [0.15, 0.2) is 48.5 Å². The van der Waals surface area contributed by atoms with Gasteiger partial charge in [0.15, 0.2) is 5.13 Å². The van der Waals surface area contributed by atoms with Crippen LogP contribution in [-0.2, 0) is 9.59 Å². The van der Waals surface area contributed by atoms with Crippen LogP contribution in [0.3, 0.4) is 0 Å². The lowest BCUT2D eigenvalue weighted by molar-refractivity contribution is -0.130. The first-order valence-electron chi connectivity index (χ1n) is 8.80. The van der Waals surface area contributed by atoms with Gasteiger partial charge < -0.3 is 5.32 Å². The normalized spacial score (nSPS) is 16.9. The van der Waals surface area contributed by atoms with Gasteiger partial charge in [-0.05, 0) is 38.1 Å². The Balaban J connectivity index is 1.49. The van der Waals surface area contributed by atoms with E-state index in [2.05, 4.69) is 10.3 Å². The highest BCUT2D eigenvalue weighted by Gasteiger charge is 2.44. The van der Waals surface area contributed by atoms with E-state index in [0.29, 0.717) is 10.8 Å². The number of benzene rings is 2. The number of carbonyl (C=O) groups is 3. The number of hydrogen-bond donors (Lipinski definition) is 1. The molecule has 1 unspecified atom stereocenters. The fourth-order valence-corrected chi connectivity index (χ4v) is 4.02. The molecule has 1 saturated heterocycles. The molecule has 0 bridgehead atoms.